The monoisotopic (exact) mass is 183 g/mol. The second-order valence-corrected chi connectivity index (χ2v) is 4.23. The maximum atomic E-state index is 11.6. The van der Waals surface area contributed by atoms with Gasteiger partial charge in [0.1, 0.15) is 0 Å². The van der Waals surface area contributed by atoms with Crippen molar-refractivity contribution in [3.8, 4) is 0 Å². The fraction of sp³-hybridized carbons (Fsp3) is 0.900. The summed E-state index contributed by atoms with van der Waals surface area (Å²) in [4.78, 5) is 11.6. The number of hydrogen-bond donors (Lipinski definition) is 1. The van der Waals surface area contributed by atoms with E-state index in [1.54, 1.807) is 0 Å². The predicted octanol–water partition coefficient (Wildman–Crippen LogP) is 0.924. The van der Waals surface area contributed by atoms with E-state index in [2.05, 4.69) is 0 Å². The van der Waals surface area contributed by atoms with Crippen LogP contribution in [0.25, 0.3) is 0 Å². The minimum atomic E-state index is -0.281. The summed E-state index contributed by atoms with van der Waals surface area (Å²) in [5.41, 5.74) is 5.37. The Morgan fingerprint density at radius 3 is 2.77 bits per heavy atom. The van der Waals surface area contributed by atoms with Crippen molar-refractivity contribution in [2.45, 2.75) is 26.2 Å². The summed E-state index contributed by atoms with van der Waals surface area (Å²) in [5.74, 6) is 1.25. The summed E-state index contributed by atoms with van der Waals surface area (Å²) in [6.07, 6.45) is 3.53. The van der Waals surface area contributed by atoms with Gasteiger partial charge in [-0.05, 0) is 38.0 Å². The molecule has 0 spiro atoms. The first-order chi connectivity index (χ1) is 6.24. The molecule has 74 valence electrons. The highest BCUT2D eigenvalue weighted by molar-refractivity contribution is 5.81. The first kappa shape index (κ1) is 9.00. The molecule has 13 heavy (non-hydrogen) atoms. The van der Waals surface area contributed by atoms with Crippen molar-refractivity contribution in [1.82, 2.24) is 0 Å². The molecule has 0 heterocycles. The van der Waals surface area contributed by atoms with Gasteiger partial charge >= 0.3 is 5.97 Å². The third-order valence-electron chi connectivity index (χ3n) is 3.37. The highest BCUT2D eigenvalue weighted by atomic mass is 16.5. The van der Waals surface area contributed by atoms with E-state index >= 15 is 0 Å². The number of ether oxygens (including phenoxy) is 1. The Labute approximate surface area is 78.6 Å². The molecule has 0 amide bonds. The van der Waals surface area contributed by atoms with E-state index in [4.69, 9.17) is 10.5 Å². The normalized spacial score (nSPS) is 37.2. The molecule has 2 aliphatic rings. The van der Waals surface area contributed by atoms with Crippen LogP contribution in [0.2, 0.25) is 0 Å². The summed E-state index contributed by atoms with van der Waals surface area (Å²) < 4.78 is 5.05. The van der Waals surface area contributed by atoms with Crippen molar-refractivity contribution in [3.05, 3.63) is 0 Å². The van der Waals surface area contributed by atoms with Crippen LogP contribution < -0.4 is 5.73 Å². The molecule has 0 saturated heterocycles. The predicted molar refractivity (Wildman–Crippen MR) is 49.0 cm³/mol. The van der Waals surface area contributed by atoms with Gasteiger partial charge in [-0.15, -0.1) is 0 Å². The molecule has 2 atom stereocenters. The molecule has 0 aromatic heterocycles. The van der Waals surface area contributed by atoms with Gasteiger partial charge in [-0.3, -0.25) is 4.79 Å². The lowest BCUT2D eigenvalue weighted by atomic mass is 10.0. The average Bonchev–Trinajstić information content (AvgIpc) is 2.99. The van der Waals surface area contributed by atoms with Crippen LogP contribution in [0.1, 0.15) is 26.2 Å². The minimum absolute atomic E-state index is 0.0607. The van der Waals surface area contributed by atoms with Crippen LogP contribution in [0, 0.1) is 17.3 Å². The fourth-order valence-corrected chi connectivity index (χ4v) is 2.28. The molecule has 2 saturated carbocycles. The van der Waals surface area contributed by atoms with Crippen molar-refractivity contribution < 1.29 is 9.53 Å². The smallest absolute Gasteiger partial charge is 0.313 e. The highest BCUT2D eigenvalue weighted by Gasteiger charge is 2.64. The number of hydrogen-bond acceptors (Lipinski definition) is 3. The number of carbonyl (C=O) groups excluding carboxylic acids is 1. The Morgan fingerprint density at radius 1 is 1.62 bits per heavy atom. The molecule has 0 aliphatic heterocycles. The van der Waals surface area contributed by atoms with Gasteiger partial charge in [0.25, 0.3) is 0 Å². The van der Waals surface area contributed by atoms with Gasteiger partial charge in [-0.2, -0.15) is 0 Å². The number of nitrogens with two attached hydrogens (primary N) is 1. The van der Waals surface area contributed by atoms with Crippen molar-refractivity contribution in [1.29, 1.82) is 0 Å². The van der Waals surface area contributed by atoms with Crippen LogP contribution >= 0.6 is 0 Å². The Morgan fingerprint density at radius 2 is 2.31 bits per heavy atom. The number of carbonyl (C=O) groups is 1. The van der Waals surface area contributed by atoms with Crippen molar-refractivity contribution in [2.75, 3.05) is 13.2 Å². The zero-order chi connectivity index (χ0) is 9.47. The summed E-state index contributed by atoms with van der Waals surface area (Å²) >= 11 is 0. The number of esters is 1. The van der Waals surface area contributed by atoms with E-state index in [0.29, 0.717) is 19.1 Å². The Kier molecular flexibility index (Phi) is 2.06. The van der Waals surface area contributed by atoms with Gasteiger partial charge < -0.3 is 10.5 Å². The quantitative estimate of drug-likeness (QED) is 0.659. The molecule has 0 bridgehead atoms. The second kappa shape index (κ2) is 2.98. The SMILES string of the molecule is CCOC(=O)[C@]1(CN)C[C@@H]1C1CC1. The zero-order valence-electron chi connectivity index (χ0n) is 8.08. The van der Waals surface area contributed by atoms with Crippen LogP contribution in [0.15, 0.2) is 0 Å². The molecule has 2 rings (SSSR count). The maximum absolute atomic E-state index is 11.6. The van der Waals surface area contributed by atoms with Gasteiger partial charge in [0.05, 0.1) is 12.0 Å². The van der Waals surface area contributed by atoms with Crippen molar-refractivity contribution >= 4 is 5.97 Å². The Bertz CT molecular complexity index is 225. The molecule has 2 aliphatic carbocycles. The topological polar surface area (TPSA) is 52.3 Å². The summed E-state index contributed by atoms with van der Waals surface area (Å²) in [7, 11) is 0. The summed E-state index contributed by atoms with van der Waals surface area (Å²) in [5, 5.41) is 0. The average molecular weight is 183 g/mol. The molecular weight excluding hydrogens is 166 g/mol. The van der Waals surface area contributed by atoms with Crippen LogP contribution in [0.3, 0.4) is 0 Å². The summed E-state index contributed by atoms with van der Waals surface area (Å²) in [6, 6.07) is 0. The molecule has 0 aromatic carbocycles. The third kappa shape index (κ3) is 1.35. The van der Waals surface area contributed by atoms with E-state index in [0.717, 1.165) is 12.3 Å². The van der Waals surface area contributed by atoms with E-state index < -0.39 is 0 Å². The van der Waals surface area contributed by atoms with E-state index in [1.807, 2.05) is 6.92 Å². The minimum Gasteiger partial charge on any atom is -0.466 e. The molecule has 0 radical (unpaired) electrons. The van der Waals surface area contributed by atoms with E-state index in [-0.39, 0.29) is 11.4 Å². The molecule has 0 aromatic rings. The maximum Gasteiger partial charge on any atom is 0.313 e. The highest BCUT2D eigenvalue weighted by Crippen LogP contribution is 2.62. The fourth-order valence-electron chi connectivity index (χ4n) is 2.28. The van der Waals surface area contributed by atoms with Crippen LogP contribution in [-0.2, 0) is 9.53 Å². The second-order valence-electron chi connectivity index (χ2n) is 4.23. The van der Waals surface area contributed by atoms with Crippen LogP contribution in [-0.4, -0.2) is 19.1 Å². The largest absolute Gasteiger partial charge is 0.466 e. The lowest BCUT2D eigenvalue weighted by molar-refractivity contribution is -0.150. The molecular formula is C10H17NO2. The first-order valence-electron chi connectivity index (χ1n) is 5.12. The van der Waals surface area contributed by atoms with Crippen LogP contribution in [0.4, 0.5) is 0 Å². The van der Waals surface area contributed by atoms with E-state index in [9.17, 15) is 4.79 Å². The molecule has 2 N–H and O–H groups in total. The molecule has 3 nitrogen and oxygen atoms in total. The van der Waals surface area contributed by atoms with Gasteiger partial charge in [0.15, 0.2) is 0 Å². The number of rotatable bonds is 4. The lowest BCUT2D eigenvalue weighted by Gasteiger charge is -2.12. The van der Waals surface area contributed by atoms with Crippen molar-refractivity contribution in [2.24, 2.45) is 23.0 Å². The van der Waals surface area contributed by atoms with Gasteiger partial charge in [-0.1, -0.05) is 0 Å². The third-order valence-corrected chi connectivity index (χ3v) is 3.37. The molecule has 2 fully saturated rings. The van der Waals surface area contributed by atoms with Gasteiger partial charge in [-0.25, -0.2) is 0 Å². The van der Waals surface area contributed by atoms with Crippen molar-refractivity contribution in [3.63, 3.8) is 0 Å². The van der Waals surface area contributed by atoms with Gasteiger partial charge in [0, 0.05) is 6.54 Å². The van der Waals surface area contributed by atoms with Gasteiger partial charge in [0.2, 0.25) is 0 Å². The lowest BCUT2D eigenvalue weighted by Crippen LogP contribution is -2.29. The zero-order valence-corrected chi connectivity index (χ0v) is 8.08. The Hall–Kier alpha value is -0.570. The summed E-state index contributed by atoms with van der Waals surface area (Å²) in [6.45, 7) is 2.78. The van der Waals surface area contributed by atoms with Crippen LogP contribution in [0.5, 0.6) is 0 Å². The molecule has 3 heteroatoms. The first-order valence-corrected chi connectivity index (χ1v) is 5.12. The standard InChI is InChI=1S/C10H17NO2/c1-2-13-9(12)10(6-11)5-8(10)7-3-4-7/h7-8H,2-6,11H2,1H3/t8-,10+/m1/s1. The molecule has 0 unspecified atom stereocenters. The Balaban J connectivity index is 1.97. The van der Waals surface area contributed by atoms with E-state index in [1.165, 1.54) is 12.8 Å².